The molecule has 1 aliphatic heterocycles. The van der Waals surface area contributed by atoms with Gasteiger partial charge in [-0.3, -0.25) is 4.79 Å². The molecule has 0 radical (unpaired) electrons. The smallest absolute Gasteiger partial charge is 0.311 e. The van der Waals surface area contributed by atoms with E-state index in [9.17, 15) is 18.0 Å². The number of carbonyl (C=O) groups excluding carboxylic acids is 1. The molecule has 2 rings (SSSR count). The van der Waals surface area contributed by atoms with Crippen molar-refractivity contribution >= 4 is 34.8 Å². The third kappa shape index (κ3) is 2.98. The molecule has 1 amide bonds. The zero-order valence-electron chi connectivity index (χ0n) is 9.68. The summed E-state index contributed by atoms with van der Waals surface area (Å²) in [5, 5.41) is -0.0848. The monoisotopic (exact) mass is 311 g/mol. The lowest BCUT2D eigenvalue weighted by Crippen LogP contribution is -2.25. The van der Waals surface area contributed by atoms with Crippen LogP contribution in [0.25, 0.3) is 0 Å². The summed E-state index contributed by atoms with van der Waals surface area (Å²) in [5.74, 6) is 0.167. The van der Waals surface area contributed by atoms with Crippen LogP contribution in [0.15, 0.2) is 18.2 Å². The summed E-state index contributed by atoms with van der Waals surface area (Å²) in [5.41, 5.74) is -0.533. The quantitative estimate of drug-likeness (QED) is 0.757. The van der Waals surface area contributed by atoms with E-state index < -0.39 is 11.7 Å². The predicted molar refractivity (Wildman–Crippen MR) is 67.6 cm³/mol. The largest absolute Gasteiger partial charge is 0.416 e. The van der Waals surface area contributed by atoms with Crippen LogP contribution in [0.5, 0.6) is 0 Å². The number of halogens is 5. The Balaban J connectivity index is 2.30. The lowest BCUT2D eigenvalue weighted by atomic mass is 10.1. The van der Waals surface area contributed by atoms with Crippen LogP contribution < -0.4 is 4.90 Å². The van der Waals surface area contributed by atoms with Crippen molar-refractivity contribution in [2.75, 3.05) is 17.3 Å². The molecule has 2 nitrogen and oxygen atoms in total. The van der Waals surface area contributed by atoms with E-state index in [1.165, 1.54) is 11.0 Å². The van der Waals surface area contributed by atoms with E-state index in [0.29, 0.717) is 24.5 Å². The van der Waals surface area contributed by atoms with Gasteiger partial charge >= 0.3 is 6.18 Å². The van der Waals surface area contributed by atoms with Gasteiger partial charge in [0.2, 0.25) is 5.91 Å². The Hall–Kier alpha value is -0.940. The minimum absolute atomic E-state index is 0.00697. The molecule has 1 aromatic rings. The number of rotatable bonds is 2. The molecule has 19 heavy (non-hydrogen) atoms. The first-order valence-electron chi connectivity index (χ1n) is 5.56. The normalized spacial score (nSPS) is 20.2. The van der Waals surface area contributed by atoms with E-state index in [-0.39, 0.29) is 16.8 Å². The minimum Gasteiger partial charge on any atom is -0.311 e. The van der Waals surface area contributed by atoms with E-state index in [1.54, 1.807) is 0 Å². The van der Waals surface area contributed by atoms with Crippen LogP contribution in [0.1, 0.15) is 12.0 Å². The number of nitrogens with zero attached hydrogens (tertiary/aromatic N) is 1. The molecule has 0 N–H and O–H groups in total. The number of alkyl halides is 4. The Kier molecular flexibility index (Phi) is 3.97. The van der Waals surface area contributed by atoms with Crippen LogP contribution in [0, 0.1) is 5.92 Å². The van der Waals surface area contributed by atoms with Gasteiger partial charge in [0.15, 0.2) is 0 Å². The maximum Gasteiger partial charge on any atom is 0.416 e. The zero-order chi connectivity index (χ0) is 14.2. The first-order valence-corrected chi connectivity index (χ1v) is 6.47. The van der Waals surface area contributed by atoms with Crippen molar-refractivity contribution in [2.45, 2.75) is 12.6 Å². The molecule has 0 aromatic heterocycles. The molecule has 1 heterocycles. The SMILES string of the molecule is O=C1CC(CCl)CN1c1ccc(C(F)(F)F)cc1Cl. The molecule has 0 spiro atoms. The second kappa shape index (κ2) is 5.21. The first-order chi connectivity index (χ1) is 8.82. The summed E-state index contributed by atoms with van der Waals surface area (Å²) in [6.07, 6.45) is -4.16. The lowest BCUT2D eigenvalue weighted by Gasteiger charge is -2.19. The topological polar surface area (TPSA) is 20.3 Å². The first kappa shape index (κ1) is 14.5. The molecule has 0 saturated carbocycles. The fourth-order valence-corrected chi connectivity index (χ4v) is 2.51. The number of carbonyl (C=O) groups is 1. The van der Waals surface area contributed by atoms with Gasteiger partial charge in [0, 0.05) is 18.8 Å². The Labute approximate surface area is 118 Å². The van der Waals surface area contributed by atoms with Gasteiger partial charge in [0.1, 0.15) is 0 Å². The summed E-state index contributed by atoms with van der Waals surface area (Å²) in [6.45, 7) is 0.382. The van der Waals surface area contributed by atoms with Crippen molar-refractivity contribution in [1.82, 2.24) is 0 Å². The molecular weight excluding hydrogens is 302 g/mol. The van der Waals surface area contributed by atoms with Crippen LogP contribution in [0.4, 0.5) is 18.9 Å². The molecule has 104 valence electrons. The summed E-state index contributed by atoms with van der Waals surface area (Å²) in [4.78, 5) is 13.1. The van der Waals surface area contributed by atoms with Crippen LogP contribution in [0.3, 0.4) is 0 Å². The van der Waals surface area contributed by atoms with Gasteiger partial charge in [0.25, 0.3) is 0 Å². The van der Waals surface area contributed by atoms with Gasteiger partial charge in [-0.15, -0.1) is 11.6 Å². The van der Waals surface area contributed by atoms with E-state index in [2.05, 4.69) is 0 Å². The van der Waals surface area contributed by atoms with Crippen molar-refractivity contribution in [3.05, 3.63) is 28.8 Å². The van der Waals surface area contributed by atoms with Crippen molar-refractivity contribution in [3.63, 3.8) is 0 Å². The van der Waals surface area contributed by atoms with E-state index in [0.717, 1.165) is 12.1 Å². The molecule has 1 fully saturated rings. The Bertz CT molecular complexity index is 504. The van der Waals surface area contributed by atoms with Crippen LogP contribution >= 0.6 is 23.2 Å². The maximum absolute atomic E-state index is 12.5. The summed E-state index contributed by atoms with van der Waals surface area (Å²) in [7, 11) is 0. The molecular formula is C12H10Cl2F3NO. The van der Waals surface area contributed by atoms with Crippen molar-refractivity contribution in [3.8, 4) is 0 Å². The molecule has 0 aliphatic carbocycles. The third-order valence-corrected chi connectivity index (χ3v) is 3.73. The standard InChI is InChI=1S/C12H10Cl2F3NO/c13-5-7-3-11(19)18(6-7)10-2-1-8(4-9(10)14)12(15,16)17/h1-2,4,7H,3,5-6H2. The maximum atomic E-state index is 12.5. The average Bonchev–Trinajstić information content (AvgIpc) is 2.69. The summed E-state index contributed by atoms with van der Waals surface area (Å²) >= 11 is 11.5. The second-order valence-electron chi connectivity index (χ2n) is 4.39. The summed E-state index contributed by atoms with van der Waals surface area (Å²) < 4.78 is 37.5. The molecule has 1 atom stereocenters. The van der Waals surface area contributed by atoms with Crippen molar-refractivity contribution < 1.29 is 18.0 Å². The van der Waals surface area contributed by atoms with E-state index in [4.69, 9.17) is 23.2 Å². The van der Waals surface area contributed by atoms with Crippen molar-refractivity contribution in [1.29, 1.82) is 0 Å². The average molecular weight is 312 g/mol. The highest BCUT2D eigenvalue weighted by atomic mass is 35.5. The highest BCUT2D eigenvalue weighted by Crippen LogP contribution is 2.37. The van der Waals surface area contributed by atoms with Crippen molar-refractivity contribution in [2.24, 2.45) is 5.92 Å². The Morgan fingerprint density at radius 1 is 1.37 bits per heavy atom. The number of benzene rings is 1. The predicted octanol–water partition coefficient (Wildman–Crippen LogP) is 3.95. The fraction of sp³-hybridized carbons (Fsp3) is 0.417. The number of hydrogen-bond acceptors (Lipinski definition) is 1. The fourth-order valence-electron chi connectivity index (χ4n) is 2.02. The lowest BCUT2D eigenvalue weighted by molar-refractivity contribution is -0.137. The molecule has 1 saturated heterocycles. The zero-order valence-corrected chi connectivity index (χ0v) is 11.2. The van der Waals surface area contributed by atoms with Gasteiger partial charge in [-0.2, -0.15) is 13.2 Å². The summed E-state index contributed by atoms with van der Waals surface area (Å²) in [6, 6.07) is 2.97. The molecule has 1 unspecified atom stereocenters. The van der Waals surface area contributed by atoms with Crippen LogP contribution in [0.2, 0.25) is 5.02 Å². The van der Waals surface area contributed by atoms with Crippen LogP contribution in [-0.4, -0.2) is 18.3 Å². The number of hydrogen-bond donors (Lipinski definition) is 0. The van der Waals surface area contributed by atoms with Crippen LogP contribution in [-0.2, 0) is 11.0 Å². The Morgan fingerprint density at radius 3 is 2.53 bits per heavy atom. The van der Waals surface area contributed by atoms with E-state index in [1.807, 2.05) is 0 Å². The number of anilines is 1. The second-order valence-corrected chi connectivity index (χ2v) is 5.11. The molecule has 7 heteroatoms. The highest BCUT2D eigenvalue weighted by molar-refractivity contribution is 6.34. The molecule has 1 aliphatic rings. The minimum atomic E-state index is -4.45. The van der Waals surface area contributed by atoms with Gasteiger partial charge in [-0.1, -0.05) is 11.6 Å². The van der Waals surface area contributed by atoms with Gasteiger partial charge in [0.05, 0.1) is 16.3 Å². The van der Waals surface area contributed by atoms with Gasteiger partial charge in [-0.05, 0) is 24.1 Å². The third-order valence-electron chi connectivity index (χ3n) is 2.99. The molecule has 1 aromatic carbocycles. The van der Waals surface area contributed by atoms with E-state index >= 15 is 0 Å². The Morgan fingerprint density at radius 2 is 2.05 bits per heavy atom. The number of amides is 1. The van der Waals surface area contributed by atoms with Gasteiger partial charge in [-0.25, -0.2) is 0 Å². The highest BCUT2D eigenvalue weighted by Gasteiger charge is 2.34. The molecule has 0 bridgehead atoms. The van der Waals surface area contributed by atoms with Gasteiger partial charge < -0.3 is 4.90 Å².